The van der Waals surface area contributed by atoms with Gasteiger partial charge in [-0.1, -0.05) is 6.92 Å². The van der Waals surface area contributed by atoms with Gasteiger partial charge in [-0.3, -0.25) is 4.79 Å². The SMILES string of the molecule is CCc1ncc(C(=O)NC(C)CCCO)s1. The van der Waals surface area contributed by atoms with E-state index in [1.54, 1.807) is 6.20 Å². The fourth-order valence-corrected chi connectivity index (χ4v) is 2.10. The van der Waals surface area contributed by atoms with Crippen LogP contribution in [-0.4, -0.2) is 28.6 Å². The molecule has 4 nitrogen and oxygen atoms in total. The van der Waals surface area contributed by atoms with Crippen LogP contribution < -0.4 is 5.32 Å². The van der Waals surface area contributed by atoms with Gasteiger partial charge in [0.15, 0.2) is 0 Å². The van der Waals surface area contributed by atoms with Gasteiger partial charge in [0.1, 0.15) is 4.88 Å². The third-order valence-electron chi connectivity index (χ3n) is 2.25. The highest BCUT2D eigenvalue weighted by molar-refractivity contribution is 7.13. The molecule has 0 aliphatic carbocycles. The van der Waals surface area contributed by atoms with Crippen LogP contribution in [0.5, 0.6) is 0 Å². The van der Waals surface area contributed by atoms with Crippen molar-refractivity contribution in [3.63, 3.8) is 0 Å². The normalized spacial score (nSPS) is 12.4. The molecule has 1 atom stereocenters. The molecule has 2 N–H and O–H groups in total. The summed E-state index contributed by atoms with van der Waals surface area (Å²) in [6.45, 7) is 4.13. The van der Waals surface area contributed by atoms with E-state index in [0.717, 1.165) is 17.8 Å². The lowest BCUT2D eigenvalue weighted by molar-refractivity contribution is 0.0940. The molecule has 1 aromatic rings. The van der Waals surface area contributed by atoms with E-state index in [2.05, 4.69) is 10.3 Å². The number of nitrogens with one attached hydrogen (secondary N) is 1. The van der Waals surface area contributed by atoms with Gasteiger partial charge in [0, 0.05) is 12.6 Å². The van der Waals surface area contributed by atoms with E-state index in [-0.39, 0.29) is 18.6 Å². The van der Waals surface area contributed by atoms with Gasteiger partial charge in [0.25, 0.3) is 5.91 Å². The molecule has 0 saturated carbocycles. The highest BCUT2D eigenvalue weighted by Gasteiger charge is 2.12. The van der Waals surface area contributed by atoms with Crippen LogP contribution in [0.15, 0.2) is 6.20 Å². The van der Waals surface area contributed by atoms with E-state index in [4.69, 9.17) is 5.11 Å². The number of thiazole rings is 1. The largest absolute Gasteiger partial charge is 0.396 e. The maximum absolute atomic E-state index is 11.7. The van der Waals surface area contributed by atoms with Gasteiger partial charge < -0.3 is 10.4 Å². The van der Waals surface area contributed by atoms with Gasteiger partial charge in [-0.2, -0.15) is 0 Å². The quantitative estimate of drug-likeness (QED) is 0.796. The maximum atomic E-state index is 11.7. The molecule has 0 spiro atoms. The summed E-state index contributed by atoms with van der Waals surface area (Å²) in [5.41, 5.74) is 0. The lowest BCUT2D eigenvalue weighted by atomic mass is 10.2. The Balaban J connectivity index is 2.45. The zero-order valence-electron chi connectivity index (χ0n) is 9.69. The molecular weight excluding hydrogens is 224 g/mol. The highest BCUT2D eigenvalue weighted by atomic mass is 32.1. The van der Waals surface area contributed by atoms with Crippen molar-refractivity contribution in [2.75, 3.05) is 6.61 Å². The van der Waals surface area contributed by atoms with Crippen molar-refractivity contribution in [2.24, 2.45) is 0 Å². The third-order valence-corrected chi connectivity index (χ3v) is 3.39. The summed E-state index contributed by atoms with van der Waals surface area (Å²) >= 11 is 1.43. The number of carbonyl (C=O) groups is 1. The molecule has 1 rings (SSSR count). The van der Waals surface area contributed by atoms with Crippen LogP contribution in [0.4, 0.5) is 0 Å². The lowest BCUT2D eigenvalue weighted by Crippen LogP contribution is -2.32. The summed E-state index contributed by atoms with van der Waals surface area (Å²) in [6.07, 6.45) is 3.99. The summed E-state index contributed by atoms with van der Waals surface area (Å²) in [5, 5.41) is 12.5. The van der Waals surface area contributed by atoms with Crippen molar-refractivity contribution in [2.45, 2.75) is 39.2 Å². The molecular formula is C11H18N2O2S. The van der Waals surface area contributed by atoms with E-state index in [9.17, 15) is 4.79 Å². The topological polar surface area (TPSA) is 62.2 Å². The monoisotopic (exact) mass is 242 g/mol. The average Bonchev–Trinajstić information content (AvgIpc) is 2.74. The second-order valence-electron chi connectivity index (χ2n) is 3.71. The van der Waals surface area contributed by atoms with E-state index >= 15 is 0 Å². The van der Waals surface area contributed by atoms with E-state index in [1.165, 1.54) is 11.3 Å². The smallest absolute Gasteiger partial charge is 0.263 e. The number of amides is 1. The van der Waals surface area contributed by atoms with Crippen LogP contribution in [0.2, 0.25) is 0 Å². The van der Waals surface area contributed by atoms with Crippen LogP contribution in [-0.2, 0) is 6.42 Å². The minimum atomic E-state index is -0.0670. The Morgan fingerprint density at radius 3 is 3.00 bits per heavy atom. The number of rotatable bonds is 6. The van der Waals surface area contributed by atoms with Crippen molar-refractivity contribution in [1.82, 2.24) is 10.3 Å². The molecule has 5 heteroatoms. The highest BCUT2D eigenvalue weighted by Crippen LogP contribution is 2.13. The molecule has 0 aliphatic rings. The zero-order chi connectivity index (χ0) is 12.0. The third kappa shape index (κ3) is 3.90. The first-order valence-corrected chi connectivity index (χ1v) is 6.35. The maximum Gasteiger partial charge on any atom is 0.263 e. The molecule has 0 bridgehead atoms. The Labute approximate surface area is 99.7 Å². The number of carbonyl (C=O) groups excluding carboxylic acids is 1. The first-order valence-electron chi connectivity index (χ1n) is 5.53. The van der Waals surface area contributed by atoms with E-state index in [0.29, 0.717) is 11.3 Å². The predicted octanol–water partition coefficient (Wildman–Crippen LogP) is 1.60. The number of aryl methyl sites for hydroxylation is 1. The molecule has 0 saturated heterocycles. The fraction of sp³-hybridized carbons (Fsp3) is 0.636. The first kappa shape index (κ1) is 13.1. The van der Waals surface area contributed by atoms with E-state index < -0.39 is 0 Å². The number of aliphatic hydroxyl groups excluding tert-OH is 1. The van der Waals surface area contributed by atoms with Gasteiger partial charge >= 0.3 is 0 Å². The molecule has 0 aliphatic heterocycles. The van der Waals surface area contributed by atoms with Crippen LogP contribution in [0, 0.1) is 0 Å². The molecule has 1 heterocycles. The minimum Gasteiger partial charge on any atom is -0.396 e. The summed E-state index contributed by atoms with van der Waals surface area (Å²) < 4.78 is 0. The van der Waals surface area contributed by atoms with Crippen LogP contribution >= 0.6 is 11.3 Å². The number of hydrogen-bond donors (Lipinski definition) is 2. The second-order valence-corrected chi connectivity index (χ2v) is 4.83. The second kappa shape index (κ2) is 6.60. The predicted molar refractivity (Wildman–Crippen MR) is 64.7 cm³/mol. The number of nitrogens with zero attached hydrogens (tertiary/aromatic N) is 1. The number of aliphatic hydroxyl groups is 1. The Kier molecular flexibility index (Phi) is 5.42. The van der Waals surface area contributed by atoms with Gasteiger partial charge in [0.2, 0.25) is 0 Å². The van der Waals surface area contributed by atoms with Gasteiger partial charge in [-0.05, 0) is 26.2 Å². The van der Waals surface area contributed by atoms with Crippen molar-refractivity contribution >= 4 is 17.2 Å². The summed E-state index contributed by atoms with van der Waals surface area (Å²) in [4.78, 5) is 16.5. The minimum absolute atomic E-state index is 0.0670. The summed E-state index contributed by atoms with van der Waals surface area (Å²) in [7, 11) is 0. The number of aromatic nitrogens is 1. The van der Waals surface area contributed by atoms with Gasteiger partial charge in [0.05, 0.1) is 11.2 Å². The summed E-state index contributed by atoms with van der Waals surface area (Å²) in [6, 6.07) is 0.0897. The van der Waals surface area contributed by atoms with Crippen LogP contribution in [0.25, 0.3) is 0 Å². The molecule has 0 aromatic carbocycles. The molecule has 16 heavy (non-hydrogen) atoms. The van der Waals surface area contributed by atoms with Crippen molar-refractivity contribution in [1.29, 1.82) is 0 Å². The van der Waals surface area contributed by atoms with E-state index in [1.807, 2.05) is 13.8 Å². The first-order chi connectivity index (χ1) is 7.67. The standard InChI is InChI=1S/C11H18N2O2S/c1-3-10-12-7-9(16-10)11(15)13-8(2)5-4-6-14/h7-8,14H,3-6H2,1-2H3,(H,13,15). The Morgan fingerprint density at radius 2 is 2.44 bits per heavy atom. The van der Waals surface area contributed by atoms with Crippen molar-refractivity contribution < 1.29 is 9.90 Å². The van der Waals surface area contributed by atoms with Crippen molar-refractivity contribution in [3.8, 4) is 0 Å². The van der Waals surface area contributed by atoms with Crippen molar-refractivity contribution in [3.05, 3.63) is 16.1 Å². The molecule has 0 fully saturated rings. The Bertz CT molecular complexity index is 338. The molecule has 1 aromatic heterocycles. The lowest BCUT2D eigenvalue weighted by Gasteiger charge is -2.11. The molecule has 1 amide bonds. The molecule has 0 radical (unpaired) electrons. The van der Waals surface area contributed by atoms with Crippen LogP contribution in [0.3, 0.4) is 0 Å². The van der Waals surface area contributed by atoms with Crippen LogP contribution in [0.1, 0.15) is 41.4 Å². The molecule has 90 valence electrons. The summed E-state index contributed by atoms with van der Waals surface area (Å²) in [5.74, 6) is -0.0670. The Hall–Kier alpha value is -0.940. The molecule has 1 unspecified atom stereocenters. The average molecular weight is 242 g/mol. The number of hydrogen-bond acceptors (Lipinski definition) is 4. The Morgan fingerprint density at radius 1 is 1.69 bits per heavy atom. The zero-order valence-corrected chi connectivity index (χ0v) is 10.5. The van der Waals surface area contributed by atoms with Gasteiger partial charge in [-0.15, -0.1) is 11.3 Å². The fourth-order valence-electron chi connectivity index (χ4n) is 1.34. The van der Waals surface area contributed by atoms with Gasteiger partial charge in [-0.25, -0.2) is 4.98 Å².